The Bertz CT molecular complexity index is 2690. The molecule has 0 bridgehead atoms. The first kappa shape index (κ1) is 39.7. The van der Waals surface area contributed by atoms with E-state index in [1.54, 1.807) is 54.9 Å². The summed E-state index contributed by atoms with van der Waals surface area (Å²) in [5.41, 5.74) is 3.28. The minimum atomic E-state index is -1.18. The highest BCUT2D eigenvalue weighted by molar-refractivity contribution is 5.83. The minimum Gasteiger partial charge on any atom is -0.384 e. The number of piperazine rings is 1. The highest BCUT2D eigenvalue weighted by atomic mass is 19.1. The number of nitrogens with zero attached hydrogens (tertiary/aromatic N) is 8. The number of hydrogen-bond donors (Lipinski definition) is 3. The molecule has 13 nitrogen and oxygen atoms in total. The van der Waals surface area contributed by atoms with Gasteiger partial charge >= 0.3 is 0 Å². The Morgan fingerprint density at radius 1 is 0.914 bits per heavy atom. The number of nitrogens with one attached hydrogen (secondary N) is 2. The van der Waals surface area contributed by atoms with Gasteiger partial charge in [-0.1, -0.05) is 56.3 Å². The number of rotatable bonds is 11. The molecule has 1 aliphatic heterocycles. The van der Waals surface area contributed by atoms with Crippen molar-refractivity contribution < 1.29 is 9.50 Å². The lowest BCUT2D eigenvalue weighted by Gasteiger charge is -2.36. The maximum atomic E-state index is 15.0. The van der Waals surface area contributed by atoms with Gasteiger partial charge in [0.2, 0.25) is 5.95 Å². The van der Waals surface area contributed by atoms with Crippen molar-refractivity contribution in [2.24, 2.45) is 0 Å². The van der Waals surface area contributed by atoms with Gasteiger partial charge in [-0.2, -0.15) is 10.1 Å². The molecule has 0 aliphatic carbocycles. The molecule has 0 radical (unpaired) electrons. The number of pyridine rings is 1. The largest absolute Gasteiger partial charge is 0.384 e. The first-order chi connectivity index (χ1) is 28.1. The molecule has 1 saturated heterocycles. The molecular formula is C44H47FN10O3. The third kappa shape index (κ3) is 8.29. The van der Waals surface area contributed by atoms with E-state index in [1.165, 1.54) is 16.9 Å². The van der Waals surface area contributed by atoms with Crippen LogP contribution in [0, 0.1) is 5.82 Å². The van der Waals surface area contributed by atoms with E-state index in [1.807, 2.05) is 62.4 Å². The lowest BCUT2D eigenvalue weighted by molar-refractivity contribution is 0.0738. The summed E-state index contributed by atoms with van der Waals surface area (Å²) in [6.07, 6.45) is 3.61. The van der Waals surface area contributed by atoms with Crippen molar-refractivity contribution in [2.45, 2.75) is 52.8 Å². The molecule has 0 amide bonds. The van der Waals surface area contributed by atoms with Crippen LogP contribution in [0.15, 0.2) is 113 Å². The number of H-pyrrole nitrogens is 1. The number of aromatic amines is 1. The Kier molecular flexibility index (Phi) is 11.6. The zero-order valence-corrected chi connectivity index (χ0v) is 33.1. The first-order valence-electron chi connectivity index (χ1n) is 19.4. The second-order valence-corrected chi connectivity index (χ2v) is 14.4. The van der Waals surface area contributed by atoms with Crippen LogP contribution in [0.1, 0.15) is 50.2 Å². The maximum absolute atomic E-state index is 15.0. The smallest absolute Gasteiger partial charge is 0.278 e. The summed E-state index contributed by atoms with van der Waals surface area (Å²) in [6.45, 7) is 14.9. The summed E-state index contributed by atoms with van der Waals surface area (Å²) < 4.78 is 18.2. The van der Waals surface area contributed by atoms with E-state index in [0.29, 0.717) is 52.4 Å². The molecule has 298 valence electrons. The van der Waals surface area contributed by atoms with E-state index >= 15 is 4.39 Å². The molecule has 14 heteroatoms. The zero-order chi connectivity index (χ0) is 41.0. The Morgan fingerprint density at radius 3 is 2.38 bits per heavy atom. The summed E-state index contributed by atoms with van der Waals surface area (Å²) in [4.78, 5) is 44.0. The topological polar surface area (TPSA) is 150 Å². The molecule has 0 spiro atoms. The van der Waals surface area contributed by atoms with Crippen LogP contribution in [-0.4, -0.2) is 70.7 Å². The van der Waals surface area contributed by atoms with Crippen molar-refractivity contribution in [3.8, 4) is 5.82 Å². The van der Waals surface area contributed by atoms with E-state index in [2.05, 4.69) is 41.9 Å². The maximum Gasteiger partial charge on any atom is 0.278 e. The fraction of sp³-hybridized carbons (Fsp3) is 0.273. The average molecular weight is 783 g/mol. The van der Waals surface area contributed by atoms with Crippen LogP contribution in [0.4, 0.5) is 21.7 Å². The van der Waals surface area contributed by atoms with Crippen LogP contribution >= 0.6 is 0 Å². The van der Waals surface area contributed by atoms with E-state index < -0.39 is 5.60 Å². The van der Waals surface area contributed by atoms with Gasteiger partial charge in [0.25, 0.3) is 11.1 Å². The molecule has 1 aliphatic rings. The van der Waals surface area contributed by atoms with Crippen LogP contribution in [-0.2, 0) is 25.1 Å². The number of anilines is 3. The first-order valence-corrected chi connectivity index (χ1v) is 19.4. The van der Waals surface area contributed by atoms with Crippen LogP contribution in [0.3, 0.4) is 0 Å². The molecule has 1 fully saturated rings. The molecule has 3 N–H and O–H groups in total. The second-order valence-electron chi connectivity index (χ2n) is 14.4. The molecule has 8 rings (SSSR count). The van der Waals surface area contributed by atoms with Crippen molar-refractivity contribution in [3.05, 3.63) is 153 Å². The van der Waals surface area contributed by atoms with Gasteiger partial charge in [-0.25, -0.2) is 28.8 Å². The van der Waals surface area contributed by atoms with Crippen molar-refractivity contribution >= 4 is 39.1 Å². The van der Waals surface area contributed by atoms with Gasteiger partial charge in [0.05, 0.1) is 23.3 Å². The number of aromatic nitrogens is 7. The number of benzene rings is 3. The van der Waals surface area contributed by atoms with Gasteiger partial charge in [-0.3, -0.25) is 14.5 Å². The Morgan fingerprint density at radius 2 is 1.66 bits per heavy atom. The molecule has 0 unspecified atom stereocenters. The predicted octanol–water partition coefficient (Wildman–Crippen LogP) is 6.45. The fourth-order valence-corrected chi connectivity index (χ4v) is 7.14. The standard InChI is InChI=1S/C42H41FN10O3.C2H6/c1-4-18-52-40(55)33-25-44-41(47-38(33)53(52)37-11-7-10-36(46-37)42(2,3)56)45-29-13-15-30(16-14-29)51-21-19-50(20-22-51)26-28-23-27(12-17-34(28)43)24-35-31-8-5-6-9-32(31)39(54)49-48-35;1-2/h4-17,23,25,56H,1,18-22,24,26H2,2-3H3,(H,49,54)(H,44,45,47);1-2H3. The van der Waals surface area contributed by atoms with Crippen molar-refractivity contribution in [1.82, 2.24) is 39.4 Å². The van der Waals surface area contributed by atoms with Crippen LogP contribution < -0.4 is 21.3 Å². The van der Waals surface area contributed by atoms with Crippen molar-refractivity contribution in [1.29, 1.82) is 0 Å². The highest BCUT2D eigenvalue weighted by Crippen LogP contribution is 2.25. The Labute approximate surface area is 335 Å². The van der Waals surface area contributed by atoms with Crippen LogP contribution in [0.25, 0.3) is 27.6 Å². The average Bonchev–Trinajstić information content (AvgIpc) is 3.51. The van der Waals surface area contributed by atoms with Crippen LogP contribution in [0.2, 0.25) is 0 Å². The number of halogens is 1. The van der Waals surface area contributed by atoms with Crippen molar-refractivity contribution in [2.75, 3.05) is 36.4 Å². The zero-order valence-electron chi connectivity index (χ0n) is 33.1. The van der Waals surface area contributed by atoms with E-state index in [9.17, 15) is 14.7 Å². The number of hydrogen-bond acceptors (Lipinski definition) is 10. The number of fused-ring (bicyclic) bond motifs is 2. The van der Waals surface area contributed by atoms with E-state index in [0.717, 1.165) is 54.2 Å². The lowest BCUT2D eigenvalue weighted by Crippen LogP contribution is -2.46. The van der Waals surface area contributed by atoms with Gasteiger partial charge in [0.1, 0.15) is 16.8 Å². The van der Waals surface area contributed by atoms with Gasteiger partial charge in [0, 0.05) is 67.7 Å². The minimum absolute atomic E-state index is 0.224. The lowest BCUT2D eigenvalue weighted by atomic mass is 10.0. The highest BCUT2D eigenvalue weighted by Gasteiger charge is 2.23. The summed E-state index contributed by atoms with van der Waals surface area (Å²) in [5.74, 6) is 0.498. The monoisotopic (exact) mass is 782 g/mol. The number of allylic oxidation sites excluding steroid dienone is 1. The molecule has 58 heavy (non-hydrogen) atoms. The molecule has 0 atom stereocenters. The Hall–Kier alpha value is -6.51. The molecular weight excluding hydrogens is 736 g/mol. The summed E-state index contributed by atoms with van der Waals surface area (Å²) in [7, 11) is 0. The van der Waals surface area contributed by atoms with Gasteiger partial charge in [-0.05, 0) is 67.9 Å². The second kappa shape index (κ2) is 16.9. The molecule has 7 aromatic rings. The third-order valence-electron chi connectivity index (χ3n) is 10.1. The van der Waals surface area contributed by atoms with Gasteiger partial charge < -0.3 is 15.3 Å². The van der Waals surface area contributed by atoms with E-state index in [4.69, 9.17) is 4.98 Å². The van der Waals surface area contributed by atoms with Gasteiger partial charge in [0.15, 0.2) is 11.5 Å². The summed E-state index contributed by atoms with van der Waals surface area (Å²) in [6, 6.07) is 25.8. The SMILES string of the molecule is C=CCn1c(=O)c2cnc(Nc3ccc(N4CCN(Cc5cc(Cc6n[nH]c(=O)c7ccccc67)ccc5F)CC4)cc3)nc2n1-c1cccc(C(C)(C)O)n1.CC. The third-order valence-corrected chi connectivity index (χ3v) is 10.1. The normalized spacial score (nSPS) is 13.4. The molecule has 4 aromatic heterocycles. The fourth-order valence-electron chi connectivity index (χ4n) is 7.14. The molecule has 0 saturated carbocycles. The summed E-state index contributed by atoms with van der Waals surface area (Å²) in [5, 5.41) is 22.4. The molecule has 3 aromatic carbocycles. The van der Waals surface area contributed by atoms with Crippen molar-refractivity contribution in [3.63, 3.8) is 0 Å². The quantitative estimate of drug-likeness (QED) is 0.125. The number of aliphatic hydroxyl groups is 1. The Balaban J connectivity index is 0.00000252. The summed E-state index contributed by atoms with van der Waals surface area (Å²) >= 11 is 0. The molecule has 5 heterocycles. The van der Waals surface area contributed by atoms with Gasteiger partial charge in [-0.15, -0.1) is 6.58 Å². The van der Waals surface area contributed by atoms with E-state index in [-0.39, 0.29) is 23.5 Å². The predicted molar refractivity (Wildman–Crippen MR) is 226 cm³/mol. The van der Waals surface area contributed by atoms with Crippen LogP contribution in [0.5, 0.6) is 0 Å².